The van der Waals surface area contributed by atoms with E-state index >= 15 is 0 Å². The first-order valence-electron chi connectivity index (χ1n) is 10.3. The van der Waals surface area contributed by atoms with Crippen molar-refractivity contribution in [1.29, 1.82) is 0 Å². The van der Waals surface area contributed by atoms with E-state index in [1.54, 1.807) is 18.2 Å². The lowest BCUT2D eigenvalue weighted by molar-refractivity contribution is 0.0474. The van der Waals surface area contributed by atoms with E-state index in [9.17, 15) is 13.2 Å². The van der Waals surface area contributed by atoms with Crippen LogP contribution >= 0.6 is 0 Å². The fourth-order valence-corrected chi connectivity index (χ4v) is 5.42. The van der Waals surface area contributed by atoms with Crippen molar-refractivity contribution in [2.75, 3.05) is 13.1 Å². The van der Waals surface area contributed by atoms with Crippen molar-refractivity contribution in [2.45, 2.75) is 37.2 Å². The number of fused-ring (bicyclic) bond motifs is 1. The first kappa shape index (κ1) is 20.6. The number of benzene rings is 3. The molecule has 0 spiro atoms. The Morgan fingerprint density at radius 1 is 0.867 bits per heavy atom. The molecule has 3 aromatic rings. The Balaban J connectivity index is 1.51. The number of hydrogen-bond donors (Lipinski definition) is 0. The Labute approximate surface area is 177 Å². The summed E-state index contributed by atoms with van der Waals surface area (Å²) in [6, 6.07) is 19.9. The Kier molecular flexibility index (Phi) is 6.16. The third-order valence-electron chi connectivity index (χ3n) is 5.51. The Bertz CT molecular complexity index is 1140. The molecule has 156 valence electrons. The van der Waals surface area contributed by atoms with Gasteiger partial charge in [-0.25, -0.2) is 13.2 Å². The van der Waals surface area contributed by atoms with Crippen molar-refractivity contribution in [3.8, 4) is 0 Å². The predicted octanol–water partition coefficient (Wildman–Crippen LogP) is 4.76. The number of carbonyl (C=O) groups excluding carboxylic acids is 1. The molecule has 4 rings (SSSR count). The molecule has 1 aliphatic rings. The summed E-state index contributed by atoms with van der Waals surface area (Å²) in [6.07, 6.45) is 3.83. The molecule has 0 radical (unpaired) electrons. The molecule has 0 saturated carbocycles. The maximum atomic E-state index is 13.0. The van der Waals surface area contributed by atoms with Gasteiger partial charge in [-0.05, 0) is 47.4 Å². The molecule has 0 aromatic heterocycles. The highest BCUT2D eigenvalue weighted by atomic mass is 32.2. The van der Waals surface area contributed by atoms with E-state index in [2.05, 4.69) is 0 Å². The Morgan fingerprint density at radius 2 is 1.57 bits per heavy atom. The van der Waals surface area contributed by atoms with E-state index < -0.39 is 16.0 Å². The van der Waals surface area contributed by atoms with Crippen LogP contribution in [0.5, 0.6) is 0 Å². The Hall–Kier alpha value is -2.70. The van der Waals surface area contributed by atoms with Gasteiger partial charge in [-0.1, -0.05) is 61.4 Å². The zero-order chi connectivity index (χ0) is 21.0. The standard InChI is InChI=1S/C24H25NO4S/c26-24(29-18-21-12-7-10-19-9-3-4-14-23(19)21)20-11-8-13-22(17-20)30(27,28)25-15-5-1-2-6-16-25/h3-4,7-14,17H,1-2,5-6,15-16,18H2. The van der Waals surface area contributed by atoms with Gasteiger partial charge in [0.1, 0.15) is 6.61 Å². The second-order valence-electron chi connectivity index (χ2n) is 7.56. The summed E-state index contributed by atoms with van der Waals surface area (Å²) in [7, 11) is -3.61. The van der Waals surface area contributed by atoms with Crippen LogP contribution in [0.25, 0.3) is 10.8 Å². The molecular formula is C24H25NO4S. The molecule has 0 atom stereocenters. The van der Waals surface area contributed by atoms with Gasteiger partial charge in [0.05, 0.1) is 10.5 Å². The normalized spacial score (nSPS) is 15.6. The van der Waals surface area contributed by atoms with Crippen LogP contribution in [0.3, 0.4) is 0 Å². The highest BCUT2D eigenvalue weighted by Crippen LogP contribution is 2.23. The zero-order valence-electron chi connectivity index (χ0n) is 16.8. The third-order valence-corrected chi connectivity index (χ3v) is 7.41. The number of esters is 1. The molecule has 1 aliphatic heterocycles. The highest BCUT2D eigenvalue weighted by Gasteiger charge is 2.26. The molecule has 0 N–H and O–H groups in total. The van der Waals surface area contributed by atoms with Crippen LogP contribution in [0.4, 0.5) is 0 Å². The lowest BCUT2D eigenvalue weighted by atomic mass is 10.1. The van der Waals surface area contributed by atoms with Gasteiger partial charge in [-0.3, -0.25) is 0 Å². The van der Waals surface area contributed by atoms with Crippen LogP contribution in [0.2, 0.25) is 0 Å². The van der Waals surface area contributed by atoms with E-state index in [4.69, 9.17) is 4.74 Å². The molecule has 1 heterocycles. The van der Waals surface area contributed by atoms with Crippen molar-refractivity contribution >= 4 is 26.8 Å². The summed E-state index contributed by atoms with van der Waals surface area (Å²) >= 11 is 0. The van der Waals surface area contributed by atoms with Crippen LogP contribution in [0.1, 0.15) is 41.6 Å². The molecule has 1 saturated heterocycles. The number of hydrogen-bond acceptors (Lipinski definition) is 4. The summed E-state index contributed by atoms with van der Waals surface area (Å²) in [4.78, 5) is 12.8. The number of rotatable bonds is 5. The van der Waals surface area contributed by atoms with Crippen LogP contribution in [0, 0.1) is 0 Å². The number of ether oxygens (including phenoxy) is 1. The molecule has 0 bridgehead atoms. The van der Waals surface area contributed by atoms with Crippen molar-refractivity contribution in [2.24, 2.45) is 0 Å². The van der Waals surface area contributed by atoms with Gasteiger partial charge in [0.15, 0.2) is 0 Å². The topological polar surface area (TPSA) is 63.7 Å². The molecule has 6 heteroatoms. The summed E-state index contributed by atoms with van der Waals surface area (Å²) in [5.74, 6) is -0.532. The molecule has 5 nitrogen and oxygen atoms in total. The summed E-state index contributed by atoms with van der Waals surface area (Å²) < 4.78 is 33.1. The third kappa shape index (κ3) is 4.40. The molecule has 0 unspecified atom stereocenters. The monoisotopic (exact) mass is 423 g/mol. The van der Waals surface area contributed by atoms with Crippen molar-refractivity contribution in [1.82, 2.24) is 4.31 Å². The average Bonchev–Trinajstić information content (AvgIpc) is 3.08. The van der Waals surface area contributed by atoms with E-state index in [1.807, 2.05) is 42.5 Å². The summed E-state index contributed by atoms with van der Waals surface area (Å²) in [6.45, 7) is 1.18. The van der Waals surface area contributed by atoms with Gasteiger partial charge in [0.2, 0.25) is 10.0 Å². The van der Waals surface area contributed by atoms with Crippen molar-refractivity contribution in [3.63, 3.8) is 0 Å². The molecule has 30 heavy (non-hydrogen) atoms. The number of carbonyl (C=O) groups is 1. The second-order valence-corrected chi connectivity index (χ2v) is 9.50. The average molecular weight is 424 g/mol. The van der Waals surface area contributed by atoms with Gasteiger partial charge < -0.3 is 4.74 Å². The van der Waals surface area contributed by atoms with Gasteiger partial charge in [0.25, 0.3) is 0 Å². The van der Waals surface area contributed by atoms with Gasteiger partial charge in [-0.15, -0.1) is 0 Å². The zero-order valence-corrected chi connectivity index (χ0v) is 17.6. The minimum absolute atomic E-state index is 0.128. The van der Waals surface area contributed by atoms with Gasteiger partial charge in [0, 0.05) is 13.1 Å². The highest BCUT2D eigenvalue weighted by molar-refractivity contribution is 7.89. The van der Waals surface area contributed by atoms with Gasteiger partial charge >= 0.3 is 5.97 Å². The van der Waals surface area contributed by atoms with Crippen LogP contribution in [-0.2, 0) is 21.4 Å². The van der Waals surface area contributed by atoms with Crippen LogP contribution in [-0.4, -0.2) is 31.8 Å². The lowest BCUT2D eigenvalue weighted by Crippen LogP contribution is -2.32. The minimum atomic E-state index is -3.61. The molecular weight excluding hydrogens is 398 g/mol. The van der Waals surface area contributed by atoms with E-state index in [-0.39, 0.29) is 17.1 Å². The second kappa shape index (κ2) is 8.98. The van der Waals surface area contributed by atoms with E-state index in [1.165, 1.54) is 10.4 Å². The number of sulfonamides is 1. The minimum Gasteiger partial charge on any atom is -0.457 e. The quantitative estimate of drug-likeness (QED) is 0.555. The molecule has 1 fully saturated rings. The SMILES string of the molecule is O=C(OCc1cccc2ccccc12)c1cccc(S(=O)(=O)N2CCCCCC2)c1. The molecule has 0 amide bonds. The fraction of sp³-hybridized carbons (Fsp3) is 0.292. The fourth-order valence-electron chi connectivity index (χ4n) is 3.86. The maximum absolute atomic E-state index is 13.0. The van der Waals surface area contributed by atoms with E-state index in [0.29, 0.717) is 13.1 Å². The first-order chi connectivity index (χ1) is 14.6. The van der Waals surface area contributed by atoms with Crippen molar-refractivity contribution < 1.29 is 17.9 Å². The Morgan fingerprint density at radius 3 is 2.37 bits per heavy atom. The van der Waals surface area contributed by atoms with Gasteiger partial charge in [-0.2, -0.15) is 4.31 Å². The predicted molar refractivity (Wildman–Crippen MR) is 117 cm³/mol. The molecule has 0 aliphatic carbocycles. The van der Waals surface area contributed by atoms with E-state index in [0.717, 1.165) is 42.0 Å². The van der Waals surface area contributed by atoms with Crippen molar-refractivity contribution in [3.05, 3.63) is 77.9 Å². The lowest BCUT2D eigenvalue weighted by Gasteiger charge is -2.20. The molecule has 3 aromatic carbocycles. The summed E-state index contributed by atoms with van der Waals surface area (Å²) in [5.41, 5.74) is 1.15. The maximum Gasteiger partial charge on any atom is 0.338 e. The van der Waals surface area contributed by atoms with Crippen LogP contribution in [0.15, 0.2) is 71.6 Å². The largest absolute Gasteiger partial charge is 0.457 e. The smallest absolute Gasteiger partial charge is 0.338 e. The number of nitrogens with zero attached hydrogens (tertiary/aromatic N) is 1. The summed E-state index contributed by atoms with van der Waals surface area (Å²) in [5, 5.41) is 2.11. The first-order valence-corrected chi connectivity index (χ1v) is 11.7. The van der Waals surface area contributed by atoms with Crippen LogP contribution < -0.4 is 0 Å².